The van der Waals surface area contributed by atoms with E-state index in [0.29, 0.717) is 5.02 Å². The van der Waals surface area contributed by atoms with Crippen LogP contribution in [0.25, 0.3) is 0 Å². The third kappa shape index (κ3) is 4.90. The standard InChI is InChI=1S/C17H22Cl2N4O4/c1-16(2,7-14(20)24)13(8-26-3)17(25,15-21-9-22-23-15)27-12-5-4-10(18)6-11(12)19/h4-6,9,13,25H,7-8H2,1-3H3,(H2,20,24)(H,21,22,23). The first kappa shape index (κ1) is 21.4. The molecule has 4 N–H and O–H groups in total. The summed E-state index contributed by atoms with van der Waals surface area (Å²) < 4.78 is 11.2. The van der Waals surface area contributed by atoms with Gasteiger partial charge in [0.1, 0.15) is 12.1 Å². The molecule has 0 aliphatic rings. The van der Waals surface area contributed by atoms with Gasteiger partial charge in [-0.15, -0.1) is 0 Å². The molecule has 0 fully saturated rings. The summed E-state index contributed by atoms with van der Waals surface area (Å²) in [5.74, 6) is -3.11. The molecule has 2 unspecified atom stereocenters. The first-order valence-electron chi connectivity index (χ1n) is 8.09. The van der Waals surface area contributed by atoms with Crippen molar-refractivity contribution >= 4 is 29.1 Å². The van der Waals surface area contributed by atoms with Gasteiger partial charge in [0.15, 0.2) is 5.82 Å². The highest BCUT2D eigenvalue weighted by atomic mass is 35.5. The van der Waals surface area contributed by atoms with E-state index in [4.69, 9.17) is 38.4 Å². The van der Waals surface area contributed by atoms with Crippen molar-refractivity contribution in [3.8, 4) is 5.75 Å². The maximum atomic E-state index is 11.6. The predicted molar refractivity (Wildman–Crippen MR) is 100 cm³/mol. The van der Waals surface area contributed by atoms with Gasteiger partial charge in [-0.05, 0) is 23.6 Å². The number of H-pyrrole nitrogens is 1. The molecule has 0 spiro atoms. The van der Waals surface area contributed by atoms with Crippen molar-refractivity contribution in [3.05, 3.63) is 40.4 Å². The van der Waals surface area contributed by atoms with Gasteiger partial charge in [0, 0.05) is 18.6 Å². The maximum absolute atomic E-state index is 11.6. The molecule has 1 aromatic carbocycles. The van der Waals surface area contributed by atoms with Crippen molar-refractivity contribution in [2.24, 2.45) is 17.1 Å². The number of aromatic amines is 1. The van der Waals surface area contributed by atoms with Gasteiger partial charge in [0.25, 0.3) is 5.79 Å². The number of aliphatic hydroxyl groups is 1. The SMILES string of the molecule is COCC(C(C)(C)CC(N)=O)C(O)(Oc1ccc(Cl)cc1Cl)c1ncn[nH]1. The second-order valence-electron chi connectivity index (χ2n) is 6.85. The Morgan fingerprint density at radius 3 is 2.63 bits per heavy atom. The van der Waals surface area contributed by atoms with Crippen LogP contribution in [0.3, 0.4) is 0 Å². The molecule has 0 aliphatic heterocycles. The van der Waals surface area contributed by atoms with E-state index in [0.717, 1.165) is 0 Å². The molecule has 1 aromatic heterocycles. The van der Waals surface area contributed by atoms with E-state index < -0.39 is 23.0 Å². The molecule has 1 heterocycles. The summed E-state index contributed by atoms with van der Waals surface area (Å²) in [5, 5.41) is 18.6. The molecule has 0 saturated carbocycles. The number of carbonyl (C=O) groups excluding carboxylic acids is 1. The van der Waals surface area contributed by atoms with E-state index in [1.54, 1.807) is 19.9 Å². The third-order valence-electron chi connectivity index (χ3n) is 4.29. The van der Waals surface area contributed by atoms with Crippen molar-refractivity contribution in [3.63, 3.8) is 0 Å². The van der Waals surface area contributed by atoms with Crippen molar-refractivity contribution in [1.29, 1.82) is 0 Å². The first-order chi connectivity index (χ1) is 12.6. The van der Waals surface area contributed by atoms with Gasteiger partial charge in [0.2, 0.25) is 5.91 Å². The largest absolute Gasteiger partial charge is 0.453 e. The number of hydrogen-bond acceptors (Lipinski definition) is 6. The smallest absolute Gasteiger partial charge is 0.274 e. The highest BCUT2D eigenvalue weighted by Gasteiger charge is 2.52. The highest BCUT2D eigenvalue weighted by Crippen LogP contribution is 2.44. The Hall–Kier alpha value is -1.87. The van der Waals surface area contributed by atoms with Crippen LogP contribution in [0.4, 0.5) is 0 Å². The van der Waals surface area contributed by atoms with Gasteiger partial charge in [-0.3, -0.25) is 9.89 Å². The third-order valence-corrected chi connectivity index (χ3v) is 4.82. The number of ether oxygens (including phenoxy) is 2. The predicted octanol–water partition coefficient (Wildman–Crippen LogP) is 2.50. The molecule has 0 saturated heterocycles. The van der Waals surface area contributed by atoms with Crippen molar-refractivity contribution in [1.82, 2.24) is 15.2 Å². The highest BCUT2D eigenvalue weighted by molar-refractivity contribution is 6.35. The fourth-order valence-corrected chi connectivity index (χ4v) is 3.44. The average Bonchev–Trinajstić information content (AvgIpc) is 3.09. The van der Waals surface area contributed by atoms with Crippen LogP contribution < -0.4 is 10.5 Å². The van der Waals surface area contributed by atoms with Crippen LogP contribution in [-0.4, -0.2) is 39.9 Å². The number of halogens is 2. The van der Waals surface area contributed by atoms with E-state index in [9.17, 15) is 9.90 Å². The van der Waals surface area contributed by atoms with Crippen molar-refractivity contribution < 1.29 is 19.4 Å². The summed E-state index contributed by atoms with van der Waals surface area (Å²) in [7, 11) is 1.48. The minimum Gasteiger partial charge on any atom is -0.453 e. The Bertz CT molecular complexity index is 785. The quantitative estimate of drug-likeness (QED) is 0.539. The zero-order chi connectivity index (χ0) is 20.2. The fraction of sp³-hybridized carbons (Fsp3) is 0.471. The summed E-state index contributed by atoms with van der Waals surface area (Å²) in [6.45, 7) is 3.59. The van der Waals surface area contributed by atoms with Gasteiger partial charge in [-0.25, -0.2) is 4.98 Å². The van der Waals surface area contributed by atoms with Crippen LogP contribution in [0.1, 0.15) is 26.1 Å². The van der Waals surface area contributed by atoms with Crippen LogP contribution in [0.5, 0.6) is 5.75 Å². The van der Waals surface area contributed by atoms with Crippen molar-refractivity contribution in [2.45, 2.75) is 26.1 Å². The van der Waals surface area contributed by atoms with Gasteiger partial charge in [-0.2, -0.15) is 5.10 Å². The number of nitrogens with zero attached hydrogens (tertiary/aromatic N) is 2. The topological polar surface area (TPSA) is 123 Å². The molecule has 10 heteroatoms. The summed E-state index contributed by atoms with van der Waals surface area (Å²) in [5.41, 5.74) is 4.58. The van der Waals surface area contributed by atoms with E-state index in [1.807, 2.05) is 0 Å². The summed E-state index contributed by atoms with van der Waals surface area (Å²) in [6, 6.07) is 4.58. The lowest BCUT2D eigenvalue weighted by atomic mass is 9.71. The minimum atomic E-state index is -2.04. The second kappa shape index (κ2) is 8.43. The molecule has 2 aromatic rings. The number of aromatic nitrogens is 3. The molecular weight excluding hydrogens is 395 g/mol. The average molecular weight is 417 g/mol. The van der Waals surface area contributed by atoms with E-state index in [2.05, 4.69) is 15.2 Å². The lowest BCUT2D eigenvalue weighted by molar-refractivity contribution is -0.230. The maximum Gasteiger partial charge on any atom is 0.274 e. The number of benzene rings is 1. The lowest BCUT2D eigenvalue weighted by Gasteiger charge is -2.42. The van der Waals surface area contributed by atoms with Crippen LogP contribution in [0, 0.1) is 11.3 Å². The van der Waals surface area contributed by atoms with Crippen molar-refractivity contribution in [2.75, 3.05) is 13.7 Å². The Labute approximate surface area is 167 Å². The number of methoxy groups -OCH3 is 1. The molecule has 148 valence electrons. The van der Waals surface area contributed by atoms with E-state index >= 15 is 0 Å². The van der Waals surface area contributed by atoms with Gasteiger partial charge >= 0.3 is 0 Å². The fourth-order valence-electron chi connectivity index (χ4n) is 3.00. The minimum absolute atomic E-state index is 0.0187. The first-order valence-corrected chi connectivity index (χ1v) is 8.85. The zero-order valence-electron chi connectivity index (χ0n) is 15.2. The number of carbonyl (C=O) groups is 1. The Morgan fingerprint density at radius 1 is 1.41 bits per heavy atom. The molecule has 27 heavy (non-hydrogen) atoms. The summed E-state index contributed by atoms with van der Waals surface area (Å²) in [4.78, 5) is 15.6. The molecule has 0 aliphatic carbocycles. The molecule has 2 rings (SSSR count). The number of rotatable bonds is 9. The Morgan fingerprint density at radius 2 is 2.11 bits per heavy atom. The normalized spacial score (nSPS) is 15.2. The zero-order valence-corrected chi connectivity index (χ0v) is 16.7. The summed E-state index contributed by atoms with van der Waals surface area (Å²) >= 11 is 12.1. The molecule has 0 radical (unpaired) electrons. The van der Waals surface area contributed by atoms with Gasteiger partial charge < -0.3 is 20.3 Å². The van der Waals surface area contributed by atoms with Crippen LogP contribution in [0.2, 0.25) is 10.0 Å². The molecule has 1 amide bonds. The monoisotopic (exact) mass is 416 g/mol. The number of nitrogens with two attached hydrogens (primary N) is 1. The molecule has 2 atom stereocenters. The number of hydrogen-bond donors (Lipinski definition) is 3. The van der Waals surface area contributed by atoms with Gasteiger partial charge in [0.05, 0.1) is 17.5 Å². The number of primary amides is 1. The molecule has 8 nitrogen and oxygen atoms in total. The lowest BCUT2D eigenvalue weighted by Crippen LogP contribution is -2.51. The van der Waals surface area contributed by atoms with Crippen LogP contribution in [-0.2, 0) is 15.3 Å². The van der Waals surface area contributed by atoms with Crippen LogP contribution >= 0.6 is 23.2 Å². The van der Waals surface area contributed by atoms with E-state index in [-0.39, 0.29) is 29.6 Å². The summed E-state index contributed by atoms with van der Waals surface area (Å²) in [6.07, 6.45) is 1.22. The number of amides is 1. The van der Waals surface area contributed by atoms with Gasteiger partial charge in [-0.1, -0.05) is 37.0 Å². The second-order valence-corrected chi connectivity index (χ2v) is 7.69. The Balaban J connectivity index is 2.55. The molecular formula is C17H22Cl2N4O4. The number of nitrogens with one attached hydrogen (secondary N) is 1. The van der Waals surface area contributed by atoms with E-state index in [1.165, 1.54) is 25.6 Å². The van der Waals surface area contributed by atoms with Crippen LogP contribution in [0.15, 0.2) is 24.5 Å². The Kier molecular flexibility index (Phi) is 6.69. The molecule has 0 bridgehead atoms.